The average Bonchev–Trinajstić information content (AvgIpc) is 2.32. The van der Waals surface area contributed by atoms with Crippen molar-refractivity contribution in [2.45, 2.75) is 13.5 Å². The summed E-state index contributed by atoms with van der Waals surface area (Å²) in [5.74, 6) is 1.46. The van der Waals surface area contributed by atoms with Crippen LogP contribution in [0.1, 0.15) is 11.3 Å². The third kappa shape index (κ3) is 2.58. The number of nitrogens with zero attached hydrogens (tertiary/aromatic N) is 1. The van der Waals surface area contributed by atoms with E-state index >= 15 is 0 Å². The van der Waals surface area contributed by atoms with E-state index in [9.17, 15) is 0 Å². The van der Waals surface area contributed by atoms with Crippen molar-refractivity contribution in [3.8, 4) is 11.5 Å². The fraction of sp³-hybridized carbons (Fsp3) is 0.154. The van der Waals surface area contributed by atoms with Crippen molar-refractivity contribution in [2.75, 3.05) is 0 Å². The summed E-state index contributed by atoms with van der Waals surface area (Å²) in [6.45, 7) is 2.20. The molecule has 0 radical (unpaired) electrons. The molecule has 0 atom stereocenters. The van der Waals surface area contributed by atoms with E-state index in [1.54, 1.807) is 6.20 Å². The lowest BCUT2D eigenvalue weighted by Gasteiger charge is -2.05. The van der Waals surface area contributed by atoms with Gasteiger partial charge in [-0.15, -0.1) is 0 Å². The number of hydrogen-bond donors (Lipinski definition) is 0. The van der Waals surface area contributed by atoms with E-state index in [0.717, 1.165) is 17.0 Å². The Bertz CT molecular complexity index is 466. The Balaban J connectivity index is 2.16. The highest BCUT2D eigenvalue weighted by molar-refractivity contribution is 5.32. The fourth-order valence-electron chi connectivity index (χ4n) is 1.37. The summed E-state index contributed by atoms with van der Waals surface area (Å²) in [5, 5.41) is 7.28. The van der Waals surface area contributed by atoms with Crippen LogP contribution in [-0.4, -0.2) is 10.1 Å². The van der Waals surface area contributed by atoms with Gasteiger partial charge in [0.05, 0.1) is 6.20 Å². The molecule has 1 aromatic heterocycles. The van der Waals surface area contributed by atoms with Crippen molar-refractivity contribution in [3.63, 3.8) is 0 Å². The summed E-state index contributed by atoms with van der Waals surface area (Å²) in [7, 11) is 0. The molecule has 1 aromatic carbocycles. The minimum atomic E-state index is 0.267. The van der Waals surface area contributed by atoms with Crippen LogP contribution in [0.5, 0.6) is 11.5 Å². The minimum absolute atomic E-state index is 0.267. The van der Waals surface area contributed by atoms with E-state index < -0.39 is 0 Å². The molecule has 82 valence electrons. The zero-order chi connectivity index (χ0) is 11.4. The van der Waals surface area contributed by atoms with Crippen LogP contribution < -0.4 is 4.74 Å². The summed E-state index contributed by atoms with van der Waals surface area (Å²) in [6, 6.07) is 11.3. The maximum atomic E-state index is 7.28. The molecule has 2 N–H and O–H groups in total. The van der Waals surface area contributed by atoms with Gasteiger partial charge in [0.2, 0.25) is 0 Å². The van der Waals surface area contributed by atoms with Crippen LogP contribution in [0.3, 0.4) is 0 Å². The maximum Gasteiger partial charge on any atom is 0.170 e. The van der Waals surface area contributed by atoms with Gasteiger partial charge in [0.1, 0.15) is 11.5 Å². The number of ether oxygens (including phenoxy) is 1. The first-order valence-electron chi connectivity index (χ1n) is 5.12. The predicted octanol–water partition coefficient (Wildman–Crippen LogP) is 2.41. The van der Waals surface area contributed by atoms with Crippen molar-refractivity contribution in [3.05, 3.63) is 53.9 Å². The van der Waals surface area contributed by atoms with Gasteiger partial charge in [-0.1, -0.05) is 12.1 Å². The minimum Gasteiger partial charge on any atom is -0.456 e. The second-order valence-electron chi connectivity index (χ2n) is 3.56. The quantitative estimate of drug-likeness (QED) is 0.739. The highest BCUT2D eigenvalue weighted by Gasteiger charge is 1.99. The molecule has 3 nitrogen and oxygen atoms in total. The number of benzene rings is 1. The van der Waals surface area contributed by atoms with Crippen molar-refractivity contribution < 1.29 is 9.84 Å². The first kappa shape index (κ1) is 10.6. The fourth-order valence-corrected chi connectivity index (χ4v) is 1.37. The summed E-state index contributed by atoms with van der Waals surface area (Å²) < 4.78 is 5.63. The van der Waals surface area contributed by atoms with Gasteiger partial charge in [-0.2, -0.15) is 0 Å². The van der Waals surface area contributed by atoms with Gasteiger partial charge in [-0.05, 0) is 31.2 Å². The van der Waals surface area contributed by atoms with Crippen molar-refractivity contribution in [1.29, 1.82) is 0 Å². The van der Waals surface area contributed by atoms with Crippen molar-refractivity contribution >= 4 is 0 Å². The highest BCUT2D eigenvalue weighted by Crippen LogP contribution is 2.21. The maximum absolute atomic E-state index is 7.28. The zero-order valence-electron chi connectivity index (χ0n) is 9.10. The van der Waals surface area contributed by atoms with Crippen LogP contribution in [0.25, 0.3) is 0 Å². The number of pyridine rings is 1. The predicted molar refractivity (Wildman–Crippen MR) is 62.8 cm³/mol. The molecule has 0 aliphatic heterocycles. The average molecular weight is 216 g/mol. The van der Waals surface area contributed by atoms with Gasteiger partial charge in [-0.25, -0.2) is 0 Å². The molecule has 0 fully saturated rings. The molecular formula is C13H14NO2+. The number of hydrogen-bond acceptors (Lipinski definition) is 2. The Morgan fingerprint density at radius 2 is 2.06 bits per heavy atom. The normalized spacial score (nSPS) is 10.1. The molecule has 3 heteroatoms. The summed E-state index contributed by atoms with van der Waals surface area (Å²) in [4.78, 5) is 4.16. The third-order valence-corrected chi connectivity index (χ3v) is 2.22. The Morgan fingerprint density at radius 1 is 1.19 bits per heavy atom. The Hall–Kier alpha value is -1.87. The Morgan fingerprint density at radius 3 is 2.75 bits per heavy atom. The Labute approximate surface area is 94.3 Å². The Kier molecular flexibility index (Phi) is 3.17. The van der Waals surface area contributed by atoms with E-state index in [1.165, 1.54) is 0 Å². The van der Waals surface area contributed by atoms with Crippen molar-refractivity contribution in [1.82, 2.24) is 4.98 Å². The lowest BCUT2D eigenvalue weighted by Crippen LogP contribution is -1.88. The van der Waals surface area contributed by atoms with Gasteiger partial charge in [0.25, 0.3) is 0 Å². The van der Waals surface area contributed by atoms with Crippen LogP contribution in [0.15, 0.2) is 42.6 Å². The molecule has 0 unspecified atom stereocenters. The van der Waals surface area contributed by atoms with Gasteiger partial charge < -0.3 is 9.84 Å². The highest BCUT2D eigenvalue weighted by atomic mass is 16.5. The molecule has 0 spiro atoms. The summed E-state index contributed by atoms with van der Waals surface area (Å²) >= 11 is 0. The van der Waals surface area contributed by atoms with Crippen LogP contribution in [-0.2, 0) is 6.61 Å². The monoisotopic (exact) mass is 216 g/mol. The zero-order valence-corrected chi connectivity index (χ0v) is 9.10. The molecule has 1 heterocycles. The summed E-state index contributed by atoms with van der Waals surface area (Å²) in [6.07, 6.45) is 1.70. The lowest BCUT2D eigenvalue weighted by atomic mass is 10.2. The van der Waals surface area contributed by atoms with E-state index in [2.05, 4.69) is 4.98 Å². The molecule has 0 aliphatic rings. The SMILES string of the molecule is Cc1ccc(Oc2cccc(C[OH2+])c2)cn1. The molecule has 0 bridgehead atoms. The van der Waals surface area contributed by atoms with Gasteiger partial charge >= 0.3 is 0 Å². The van der Waals surface area contributed by atoms with E-state index in [1.807, 2.05) is 43.3 Å². The summed E-state index contributed by atoms with van der Waals surface area (Å²) in [5.41, 5.74) is 1.91. The van der Waals surface area contributed by atoms with Crippen LogP contribution >= 0.6 is 0 Å². The van der Waals surface area contributed by atoms with Crippen molar-refractivity contribution in [2.24, 2.45) is 0 Å². The first-order chi connectivity index (χ1) is 7.78. The molecular weight excluding hydrogens is 202 g/mol. The number of rotatable bonds is 3. The van der Waals surface area contributed by atoms with E-state index in [4.69, 9.17) is 9.84 Å². The van der Waals surface area contributed by atoms with Gasteiger partial charge in [0, 0.05) is 11.3 Å². The molecule has 2 aromatic rings. The molecule has 0 amide bonds. The van der Waals surface area contributed by atoms with E-state index in [-0.39, 0.29) is 6.61 Å². The smallest absolute Gasteiger partial charge is 0.170 e. The third-order valence-electron chi connectivity index (χ3n) is 2.22. The second kappa shape index (κ2) is 4.77. The largest absolute Gasteiger partial charge is 0.456 e. The number of aryl methyl sites for hydroxylation is 1. The molecule has 2 rings (SSSR count). The topological polar surface area (TPSA) is 45.0 Å². The molecule has 0 aliphatic carbocycles. The first-order valence-corrected chi connectivity index (χ1v) is 5.12. The molecule has 0 saturated carbocycles. The van der Waals surface area contributed by atoms with Crippen LogP contribution in [0, 0.1) is 6.92 Å². The molecule has 0 saturated heterocycles. The standard InChI is InChI=1S/C13H13NO2/c1-10-5-6-13(8-14-10)16-12-4-2-3-11(7-12)9-15/h2-8,15H,9H2,1H3/p+1. The molecule has 16 heavy (non-hydrogen) atoms. The van der Waals surface area contributed by atoms with E-state index in [0.29, 0.717) is 5.75 Å². The van der Waals surface area contributed by atoms with Crippen LogP contribution in [0.4, 0.5) is 0 Å². The van der Waals surface area contributed by atoms with Crippen LogP contribution in [0.2, 0.25) is 0 Å². The van der Waals surface area contributed by atoms with Gasteiger partial charge in [0.15, 0.2) is 6.61 Å². The lowest BCUT2D eigenvalue weighted by molar-refractivity contribution is 0.281. The van der Waals surface area contributed by atoms with Gasteiger partial charge in [-0.3, -0.25) is 4.98 Å². The second-order valence-corrected chi connectivity index (χ2v) is 3.56. The number of aromatic nitrogens is 1.